The summed E-state index contributed by atoms with van der Waals surface area (Å²) < 4.78 is 25.0. The van der Waals surface area contributed by atoms with Gasteiger partial charge in [-0.3, -0.25) is 0 Å². The molecule has 86 valence electrons. The molecule has 0 N–H and O–H groups in total. The Morgan fingerprint density at radius 1 is 1.31 bits per heavy atom. The van der Waals surface area contributed by atoms with Crippen molar-refractivity contribution in [3.05, 3.63) is 23.5 Å². The summed E-state index contributed by atoms with van der Waals surface area (Å²) in [5, 5.41) is 0.946. The lowest BCUT2D eigenvalue weighted by Crippen LogP contribution is -2.36. The Balaban J connectivity index is 2.10. The van der Waals surface area contributed by atoms with Crippen LogP contribution in [0.1, 0.15) is 17.9 Å². The highest BCUT2D eigenvalue weighted by molar-refractivity contribution is 7.27. The molecule has 2 aliphatic heterocycles. The maximum absolute atomic E-state index is 13.9. The SMILES string of the molecule is Fc1ccc(P)c2c1C1CCOCC1CO2. The normalized spacial score (nSPS) is 27.9. The van der Waals surface area contributed by atoms with Gasteiger partial charge in [0.15, 0.2) is 0 Å². The average molecular weight is 240 g/mol. The lowest BCUT2D eigenvalue weighted by molar-refractivity contribution is 0.00971. The zero-order valence-corrected chi connectivity index (χ0v) is 10.1. The van der Waals surface area contributed by atoms with Crippen LogP contribution in [0.3, 0.4) is 0 Å². The van der Waals surface area contributed by atoms with Gasteiger partial charge in [0.05, 0.1) is 13.2 Å². The number of hydrogen-bond acceptors (Lipinski definition) is 2. The maximum atomic E-state index is 13.9. The van der Waals surface area contributed by atoms with Gasteiger partial charge < -0.3 is 9.47 Å². The molecule has 4 heteroatoms. The van der Waals surface area contributed by atoms with Gasteiger partial charge >= 0.3 is 0 Å². The summed E-state index contributed by atoms with van der Waals surface area (Å²) in [4.78, 5) is 0. The molecular formula is C12H14FO2P. The second kappa shape index (κ2) is 3.97. The van der Waals surface area contributed by atoms with Crippen molar-refractivity contribution in [2.24, 2.45) is 5.92 Å². The second-order valence-electron chi connectivity index (χ2n) is 4.42. The lowest BCUT2D eigenvalue weighted by Gasteiger charge is -2.37. The van der Waals surface area contributed by atoms with Crippen LogP contribution in [0, 0.1) is 11.7 Å². The van der Waals surface area contributed by atoms with E-state index in [2.05, 4.69) is 9.24 Å². The highest BCUT2D eigenvalue weighted by Gasteiger charge is 2.36. The van der Waals surface area contributed by atoms with Gasteiger partial charge in [0, 0.05) is 29.3 Å². The molecule has 2 heterocycles. The number of hydrogen-bond donors (Lipinski definition) is 0. The fraction of sp³-hybridized carbons (Fsp3) is 0.500. The molecular weight excluding hydrogens is 226 g/mol. The predicted octanol–water partition coefficient (Wildman–Crippen LogP) is 1.84. The third kappa shape index (κ3) is 1.54. The molecule has 3 atom stereocenters. The van der Waals surface area contributed by atoms with Gasteiger partial charge in [0.1, 0.15) is 11.6 Å². The molecule has 1 fully saturated rings. The summed E-state index contributed by atoms with van der Waals surface area (Å²) in [6.07, 6.45) is 0.895. The van der Waals surface area contributed by atoms with Crippen LogP contribution in [0.15, 0.2) is 12.1 Å². The smallest absolute Gasteiger partial charge is 0.132 e. The minimum absolute atomic E-state index is 0.141. The maximum Gasteiger partial charge on any atom is 0.132 e. The average Bonchev–Trinajstić information content (AvgIpc) is 2.33. The van der Waals surface area contributed by atoms with E-state index in [1.807, 2.05) is 0 Å². The lowest BCUT2D eigenvalue weighted by atomic mass is 9.81. The Morgan fingerprint density at radius 3 is 3.06 bits per heavy atom. The highest BCUT2D eigenvalue weighted by Crippen LogP contribution is 2.42. The van der Waals surface area contributed by atoms with Crippen LogP contribution in [0.2, 0.25) is 0 Å². The Bertz CT molecular complexity index is 422. The standard InChI is InChI=1S/C12H14FO2P/c13-9-1-2-10(16)12-11(9)8-3-4-14-5-7(8)6-15-12/h1-2,7-8H,3-6,16H2. The van der Waals surface area contributed by atoms with Gasteiger partial charge in [-0.25, -0.2) is 4.39 Å². The summed E-state index contributed by atoms with van der Waals surface area (Å²) in [6.45, 7) is 2.05. The first-order valence-corrected chi connectivity index (χ1v) is 6.13. The molecule has 16 heavy (non-hydrogen) atoms. The number of benzene rings is 1. The highest BCUT2D eigenvalue weighted by atomic mass is 31.0. The zero-order valence-electron chi connectivity index (χ0n) is 8.91. The number of halogens is 1. The van der Waals surface area contributed by atoms with E-state index in [1.54, 1.807) is 6.07 Å². The fourth-order valence-electron chi connectivity index (χ4n) is 2.63. The van der Waals surface area contributed by atoms with Crippen LogP contribution in [-0.4, -0.2) is 19.8 Å². The third-order valence-electron chi connectivity index (χ3n) is 3.46. The van der Waals surface area contributed by atoms with E-state index in [1.165, 1.54) is 6.07 Å². The van der Waals surface area contributed by atoms with Crippen LogP contribution >= 0.6 is 9.24 Å². The molecule has 0 radical (unpaired) electrons. The van der Waals surface area contributed by atoms with E-state index in [0.717, 1.165) is 29.6 Å². The first-order valence-electron chi connectivity index (χ1n) is 5.56. The van der Waals surface area contributed by atoms with E-state index < -0.39 is 0 Å². The number of rotatable bonds is 0. The second-order valence-corrected chi connectivity index (χ2v) is 5.04. The van der Waals surface area contributed by atoms with Crippen LogP contribution in [0.5, 0.6) is 5.75 Å². The molecule has 2 nitrogen and oxygen atoms in total. The summed E-state index contributed by atoms with van der Waals surface area (Å²) in [5.74, 6) is 1.16. The van der Waals surface area contributed by atoms with E-state index in [-0.39, 0.29) is 11.7 Å². The van der Waals surface area contributed by atoms with Gasteiger partial charge in [-0.2, -0.15) is 0 Å². The van der Waals surface area contributed by atoms with E-state index >= 15 is 0 Å². The molecule has 2 aliphatic rings. The molecule has 0 saturated carbocycles. The van der Waals surface area contributed by atoms with E-state index in [9.17, 15) is 4.39 Å². The quantitative estimate of drug-likeness (QED) is 0.644. The van der Waals surface area contributed by atoms with Crippen molar-refractivity contribution < 1.29 is 13.9 Å². The van der Waals surface area contributed by atoms with E-state index in [4.69, 9.17) is 9.47 Å². The molecule has 3 unspecified atom stereocenters. The molecule has 1 aromatic rings. The third-order valence-corrected chi connectivity index (χ3v) is 3.91. The van der Waals surface area contributed by atoms with Crippen molar-refractivity contribution >= 4 is 14.5 Å². The Hall–Kier alpha value is -0.660. The van der Waals surface area contributed by atoms with Crippen molar-refractivity contribution in [2.45, 2.75) is 12.3 Å². The van der Waals surface area contributed by atoms with Gasteiger partial charge in [0.25, 0.3) is 0 Å². The molecule has 0 aromatic heterocycles. The largest absolute Gasteiger partial charge is 0.492 e. The van der Waals surface area contributed by atoms with Crippen molar-refractivity contribution in [2.75, 3.05) is 19.8 Å². The Morgan fingerprint density at radius 2 is 2.19 bits per heavy atom. The summed E-state index contributed by atoms with van der Waals surface area (Å²) in [5.41, 5.74) is 0.757. The summed E-state index contributed by atoms with van der Waals surface area (Å²) in [6, 6.07) is 3.28. The van der Waals surface area contributed by atoms with Crippen molar-refractivity contribution in [1.29, 1.82) is 0 Å². The van der Waals surface area contributed by atoms with Gasteiger partial charge in [0.2, 0.25) is 0 Å². The molecule has 3 rings (SSSR count). The van der Waals surface area contributed by atoms with Crippen LogP contribution in [-0.2, 0) is 4.74 Å². The van der Waals surface area contributed by atoms with Gasteiger partial charge in [-0.15, -0.1) is 9.24 Å². The molecule has 0 aliphatic carbocycles. The van der Waals surface area contributed by atoms with Crippen molar-refractivity contribution in [3.8, 4) is 5.75 Å². The Kier molecular flexibility index (Phi) is 2.61. The summed E-state index contributed by atoms with van der Waals surface area (Å²) in [7, 11) is 2.61. The summed E-state index contributed by atoms with van der Waals surface area (Å²) >= 11 is 0. The molecule has 0 bridgehead atoms. The fourth-order valence-corrected chi connectivity index (χ4v) is 2.97. The van der Waals surface area contributed by atoms with Crippen molar-refractivity contribution in [1.82, 2.24) is 0 Å². The van der Waals surface area contributed by atoms with Gasteiger partial charge in [-0.05, 0) is 18.6 Å². The van der Waals surface area contributed by atoms with Crippen LogP contribution in [0.25, 0.3) is 0 Å². The van der Waals surface area contributed by atoms with Crippen molar-refractivity contribution in [3.63, 3.8) is 0 Å². The first kappa shape index (κ1) is 10.5. The number of fused-ring (bicyclic) bond motifs is 3. The molecule has 1 aromatic carbocycles. The zero-order chi connectivity index (χ0) is 11.1. The van der Waals surface area contributed by atoms with Crippen LogP contribution < -0.4 is 10.0 Å². The van der Waals surface area contributed by atoms with E-state index in [0.29, 0.717) is 19.1 Å². The topological polar surface area (TPSA) is 18.5 Å². The van der Waals surface area contributed by atoms with Gasteiger partial charge in [-0.1, -0.05) is 0 Å². The molecule has 0 spiro atoms. The Labute approximate surface area is 96.3 Å². The number of ether oxygens (including phenoxy) is 2. The molecule has 0 amide bonds. The predicted molar refractivity (Wildman–Crippen MR) is 62.9 cm³/mol. The monoisotopic (exact) mass is 240 g/mol. The minimum Gasteiger partial charge on any atom is -0.492 e. The van der Waals surface area contributed by atoms with Crippen LogP contribution in [0.4, 0.5) is 4.39 Å². The minimum atomic E-state index is -0.141. The molecule has 1 saturated heterocycles. The first-order chi connectivity index (χ1) is 7.77.